The van der Waals surface area contributed by atoms with Crippen LogP contribution in [0, 0.1) is 0 Å². The zero-order chi connectivity index (χ0) is 20.1. The van der Waals surface area contributed by atoms with Crippen LogP contribution in [0.4, 0.5) is 10.5 Å². The van der Waals surface area contributed by atoms with E-state index in [2.05, 4.69) is 5.32 Å². The normalized spacial score (nSPS) is 19.1. The van der Waals surface area contributed by atoms with Gasteiger partial charge in [0.2, 0.25) is 0 Å². The Morgan fingerprint density at radius 1 is 0.931 bits per heavy atom. The molecule has 1 atom stereocenters. The first kappa shape index (κ1) is 19.3. The van der Waals surface area contributed by atoms with Gasteiger partial charge < -0.3 is 24.6 Å². The number of rotatable bonds is 4. The highest BCUT2D eigenvalue weighted by Gasteiger charge is 2.31. The lowest BCUT2D eigenvalue weighted by Gasteiger charge is -2.35. The maximum absolute atomic E-state index is 12.7. The highest BCUT2D eigenvalue weighted by Crippen LogP contribution is 2.29. The number of nitrogens with zero attached hydrogens (tertiary/aromatic N) is 2. The number of hydrogen-bond donors (Lipinski definition) is 1. The molecule has 0 aromatic heterocycles. The van der Waals surface area contributed by atoms with Gasteiger partial charge in [-0.2, -0.15) is 0 Å². The zero-order valence-corrected chi connectivity index (χ0v) is 16.3. The first-order valence-electron chi connectivity index (χ1n) is 9.99. The molecular formula is C22H25N3O4. The van der Waals surface area contributed by atoms with Crippen molar-refractivity contribution in [3.63, 3.8) is 0 Å². The van der Waals surface area contributed by atoms with E-state index in [0.717, 1.165) is 12.8 Å². The number of carbonyl (C=O) groups is 2. The molecule has 3 amide bonds. The lowest BCUT2D eigenvalue weighted by Crippen LogP contribution is -2.53. The van der Waals surface area contributed by atoms with Gasteiger partial charge in [-0.25, -0.2) is 4.79 Å². The molecule has 0 saturated carbocycles. The van der Waals surface area contributed by atoms with Gasteiger partial charge in [0.05, 0.1) is 5.69 Å². The molecule has 29 heavy (non-hydrogen) atoms. The van der Waals surface area contributed by atoms with E-state index in [4.69, 9.17) is 9.47 Å². The molecule has 2 heterocycles. The number of urea groups is 1. The Kier molecular flexibility index (Phi) is 5.95. The summed E-state index contributed by atoms with van der Waals surface area (Å²) in [4.78, 5) is 28.7. The monoisotopic (exact) mass is 395 g/mol. The number of benzene rings is 2. The van der Waals surface area contributed by atoms with Gasteiger partial charge in [-0.1, -0.05) is 30.3 Å². The highest BCUT2D eigenvalue weighted by molar-refractivity contribution is 5.91. The van der Waals surface area contributed by atoms with Gasteiger partial charge in [0.15, 0.2) is 5.75 Å². The zero-order valence-electron chi connectivity index (χ0n) is 16.3. The van der Waals surface area contributed by atoms with Crippen molar-refractivity contribution in [1.82, 2.24) is 9.80 Å². The SMILES string of the molecule is O=C(Nc1ccccc1Oc1ccccc1)N1CCN(C(=O)[C@H]2CCCO2)CC1. The third kappa shape index (κ3) is 4.68. The van der Waals surface area contributed by atoms with Crippen LogP contribution < -0.4 is 10.1 Å². The predicted molar refractivity (Wildman–Crippen MR) is 109 cm³/mol. The number of piperazine rings is 1. The van der Waals surface area contributed by atoms with E-state index in [0.29, 0.717) is 50.0 Å². The van der Waals surface area contributed by atoms with Crippen LogP contribution in [0.3, 0.4) is 0 Å². The number of hydrogen-bond acceptors (Lipinski definition) is 4. The van der Waals surface area contributed by atoms with Gasteiger partial charge in [-0.15, -0.1) is 0 Å². The van der Waals surface area contributed by atoms with E-state index in [-0.39, 0.29) is 18.0 Å². The Balaban J connectivity index is 1.34. The van der Waals surface area contributed by atoms with E-state index >= 15 is 0 Å². The molecule has 0 aliphatic carbocycles. The molecule has 0 unspecified atom stereocenters. The Bertz CT molecular complexity index is 844. The smallest absolute Gasteiger partial charge is 0.322 e. The minimum Gasteiger partial charge on any atom is -0.455 e. The van der Waals surface area contributed by atoms with Crippen LogP contribution >= 0.6 is 0 Å². The minimum absolute atomic E-state index is 0.0455. The summed E-state index contributed by atoms with van der Waals surface area (Å²) < 4.78 is 11.4. The molecule has 1 N–H and O–H groups in total. The minimum atomic E-state index is -0.308. The average Bonchev–Trinajstić information content (AvgIpc) is 3.30. The highest BCUT2D eigenvalue weighted by atomic mass is 16.5. The van der Waals surface area contributed by atoms with Crippen molar-refractivity contribution in [2.75, 3.05) is 38.1 Å². The van der Waals surface area contributed by atoms with Crippen molar-refractivity contribution in [2.45, 2.75) is 18.9 Å². The van der Waals surface area contributed by atoms with Gasteiger partial charge in [0, 0.05) is 32.8 Å². The Morgan fingerprint density at radius 2 is 1.62 bits per heavy atom. The number of carbonyl (C=O) groups excluding carboxylic acids is 2. The second-order valence-electron chi connectivity index (χ2n) is 7.16. The lowest BCUT2D eigenvalue weighted by atomic mass is 10.2. The number of ether oxygens (including phenoxy) is 2. The third-order valence-corrected chi connectivity index (χ3v) is 5.18. The first-order valence-corrected chi connectivity index (χ1v) is 9.99. The van der Waals surface area contributed by atoms with Gasteiger partial charge in [0.25, 0.3) is 5.91 Å². The van der Waals surface area contributed by atoms with E-state index in [1.54, 1.807) is 9.80 Å². The number of anilines is 1. The molecule has 0 radical (unpaired) electrons. The van der Waals surface area contributed by atoms with Crippen molar-refractivity contribution in [2.24, 2.45) is 0 Å². The fraction of sp³-hybridized carbons (Fsp3) is 0.364. The Morgan fingerprint density at radius 3 is 2.34 bits per heavy atom. The summed E-state index contributed by atoms with van der Waals surface area (Å²) in [6.07, 6.45) is 1.42. The largest absolute Gasteiger partial charge is 0.455 e. The molecule has 2 fully saturated rings. The topological polar surface area (TPSA) is 71.1 Å². The molecule has 2 aromatic carbocycles. The molecule has 0 spiro atoms. The summed E-state index contributed by atoms with van der Waals surface area (Å²) in [7, 11) is 0. The molecule has 7 nitrogen and oxygen atoms in total. The van der Waals surface area contributed by atoms with Gasteiger partial charge in [-0.3, -0.25) is 4.79 Å². The first-order chi connectivity index (χ1) is 14.2. The van der Waals surface area contributed by atoms with Gasteiger partial charge in [0.1, 0.15) is 11.9 Å². The van der Waals surface area contributed by atoms with Crippen LogP contribution in [-0.2, 0) is 9.53 Å². The molecule has 7 heteroatoms. The second kappa shape index (κ2) is 8.96. The van der Waals surface area contributed by atoms with E-state index < -0.39 is 0 Å². The summed E-state index contributed by atoms with van der Waals surface area (Å²) in [5.41, 5.74) is 0.610. The quantitative estimate of drug-likeness (QED) is 0.862. The number of para-hydroxylation sites is 3. The average molecular weight is 395 g/mol. The third-order valence-electron chi connectivity index (χ3n) is 5.18. The fourth-order valence-electron chi connectivity index (χ4n) is 3.57. The van der Waals surface area contributed by atoms with Crippen molar-refractivity contribution in [3.05, 3.63) is 54.6 Å². The molecule has 152 valence electrons. The van der Waals surface area contributed by atoms with Crippen LogP contribution in [-0.4, -0.2) is 60.6 Å². The van der Waals surface area contributed by atoms with Crippen molar-refractivity contribution in [3.8, 4) is 11.5 Å². The van der Waals surface area contributed by atoms with Crippen molar-refractivity contribution in [1.29, 1.82) is 0 Å². The lowest BCUT2D eigenvalue weighted by molar-refractivity contribution is -0.142. The van der Waals surface area contributed by atoms with Crippen LogP contribution in [0.2, 0.25) is 0 Å². The molecule has 2 aromatic rings. The van der Waals surface area contributed by atoms with Gasteiger partial charge in [-0.05, 0) is 37.1 Å². The summed E-state index contributed by atoms with van der Waals surface area (Å²) >= 11 is 0. The van der Waals surface area contributed by atoms with Crippen LogP contribution in [0.25, 0.3) is 0 Å². The maximum Gasteiger partial charge on any atom is 0.322 e. The van der Waals surface area contributed by atoms with Gasteiger partial charge >= 0.3 is 6.03 Å². The molecule has 2 saturated heterocycles. The standard InChI is InChI=1S/C22H25N3O4/c26-21(20-11-6-16-28-20)24-12-14-25(15-13-24)22(27)23-18-9-4-5-10-19(18)29-17-7-2-1-3-8-17/h1-5,7-10,20H,6,11-16H2,(H,23,27)/t20-/m1/s1. The second-order valence-corrected chi connectivity index (χ2v) is 7.16. The molecule has 2 aliphatic rings. The fourth-order valence-corrected chi connectivity index (χ4v) is 3.57. The molecule has 2 aliphatic heterocycles. The van der Waals surface area contributed by atoms with E-state index in [9.17, 15) is 9.59 Å². The Labute approximate surface area is 170 Å². The van der Waals surface area contributed by atoms with Crippen LogP contribution in [0.1, 0.15) is 12.8 Å². The van der Waals surface area contributed by atoms with E-state index in [1.165, 1.54) is 0 Å². The summed E-state index contributed by atoms with van der Waals surface area (Å²) in [5, 5.41) is 2.93. The molecular weight excluding hydrogens is 370 g/mol. The summed E-state index contributed by atoms with van der Waals surface area (Å²) in [6.45, 7) is 2.68. The number of amides is 3. The summed E-state index contributed by atoms with van der Waals surface area (Å²) in [5.74, 6) is 1.33. The van der Waals surface area contributed by atoms with Crippen LogP contribution in [0.5, 0.6) is 11.5 Å². The van der Waals surface area contributed by atoms with E-state index in [1.807, 2.05) is 54.6 Å². The Hall–Kier alpha value is -3.06. The maximum atomic E-state index is 12.7. The predicted octanol–water partition coefficient (Wildman–Crippen LogP) is 3.33. The van der Waals surface area contributed by atoms with Crippen molar-refractivity contribution < 1.29 is 19.1 Å². The molecule has 0 bridgehead atoms. The van der Waals surface area contributed by atoms with Crippen molar-refractivity contribution >= 4 is 17.6 Å². The summed E-state index contributed by atoms with van der Waals surface area (Å²) in [6, 6.07) is 16.6. The molecule has 4 rings (SSSR count). The van der Waals surface area contributed by atoms with Crippen LogP contribution in [0.15, 0.2) is 54.6 Å². The number of nitrogens with one attached hydrogen (secondary N) is 1.